The smallest absolute Gasteiger partial charge is 0.484 e. The van der Waals surface area contributed by atoms with Gasteiger partial charge < -0.3 is 39.1 Å². The number of hydrogen-bond acceptors (Lipinski definition) is 8. The number of nitrogens with one attached hydrogen (secondary N) is 2. The molecule has 0 radical (unpaired) electrons. The standard InChI is InChI=1S/C23H18F4N2O8/c24-22(25)34-14-3-1-12(5-16(14)36-22)32-7-18(30)28-20-9-21(10-20,11-20)29-19(31)8-33-13-2-4-15-17(6-13)37-23(26,27)35-15/h1-6H,7-11H2,(H,28,30)(H,29,31). The van der Waals surface area contributed by atoms with Crippen LogP contribution in [-0.2, 0) is 9.59 Å². The summed E-state index contributed by atoms with van der Waals surface area (Å²) in [5.74, 6) is -1.13. The third kappa shape index (κ3) is 4.47. The molecule has 10 nitrogen and oxygen atoms in total. The van der Waals surface area contributed by atoms with Crippen LogP contribution in [-0.4, -0.2) is 48.7 Å². The molecule has 0 atom stereocenters. The van der Waals surface area contributed by atoms with Crippen LogP contribution in [0.15, 0.2) is 36.4 Å². The molecule has 0 saturated heterocycles. The topological polar surface area (TPSA) is 114 Å². The summed E-state index contributed by atoms with van der Waals surface area (Å²) in [6.07, 6.45) is -5.92. The number of alkyl halides is 4. The molecule has 2 aromatic carbocycles. The van der Waals surface area contributed by atoms with Crippen molar-refractivity contribution in [2.24, 2.45) is 0 Å². The molecule has 2 bridgehead atoms. The van der Waals surface area contributed by atoms with Crippen LogP contribution >= 0.6 is 0 Å². The number of rotatable bonds is 8. The number of carbonyl (C=O) groups excluding carboxylic acids is 2. The molecule has 5 aliphatic rings. The lowest BCUT2D eigenvalue weighted by Crippen LogP contribution is -2.84. The van der Waals surface area contributed by atoms with Crippen molar-refractivity contribution in [1.29, 1.82) is 0 Å². The Morgan fingerprint density at radius 1 is 0.676 bits per heavy atom. The SMILES string of the molecule is O=C(COc1ccc2c(c1)OC(F)(F)O2)NC12CC(NC(=O)COc3ccc4c(c3)OC(F)(F)O4)(C1)C2. The number of halogens is 4. The summed E-state index contributed by atoms with van der Waals surface area (Å²) in [4.78, 5) is 24.6. The first-order valence-electron chi connectivity index (χ1n) is 11.1. The Hall–Kier alpha value is -4.10. The van der Waals surface area contributed by atoms with E-state index in [2.05, 4.69) is 29.6 Å². The van der Waals surface area contributed by atoms with Crippen LogP contribution in [0, 0.1) is 0 Å². The van der Waals surface area contributed by atoms with Crippen LogP contribution < -0.4 is 39.1 Å². The van der Waals surface area contributed by atoms with Crippen LogP contribution in [0.4, 0.5) is 17.6 Å². The molecular formula is C23H18F4N2O8. The normalized spacial score (nSPS) is 26.4. The number of hydrogen-bond donors (Lipinski definition) is 2. The maximum atomic E-state index is 13.1. The second-order valence-electron chi connectivity index (χ2n) is 9.32. The van der Waals surface area contributed by atoms with E-state index in [1.165, 1.54) is 36.4 Å². The van der Waals surface area contributed by atoms with E-state index >= 15 is 0 Å². The summed E-state index contributed by atoms with van der Waals surface area (Å²) < 4.78 is 80.4. The minimum atomic E-state index is -3.74. The number of ether oxygens (including phenoxy) is 6. The van der Waals surface area contributed by atoms with Crippen molar-refractivity contribution in [2.75, 3.05) is 13.2 Å². The Labute approximate surface area is 205 Å². The zero-order valence-corrected chi connectivity index (χ0v) is 18.8. The Bertz CT molecular complexity index is 1190. The predicted octanol–water partition coefficient (Wildman–Crippen LogP) is 2.69. The zero-order valence-electron chi connectivity index (χ0n) is 18.8. The maximum Gasteiger partial charge on any atom is 0.586 e. The molecule has 0 aromatic heterocycles. The first-order chi connectivity index (χ1) is 17.4. The number of benzene rings is 2. The van der Waals surface area contributed by atoms with E-state index in [0.29, 0.717) is 19.3 Å². The van der Waals surface area contributed by atoms with Crippen molar-refractivity contribution in [3.63, 3.8) is 0 Å². The van der Waals surface area contributed by atoms with Gasteiger partial charge in [0.1, 0.15) is 11.5 Å². The van der Waals surface area contributed by atoms with Crippen molar-refractivity contribution in [1.82, 2.24) is 10.6 Å². The fourth-order valence-electron chi connectivity index (χ4n) is 5.05. The molecule has 3 aliphatic carbocycles. The lowest BCUT2D eigenvalue weighted by atomic mass is 9.44. The Kier molecular flexibility index (Phi) is 4.85. The van der Waals surface area contributed by atoms with Crippen LogP contribution in [0.5, 0.6) is 34.5 Å². The van der Waals surface area contributed by atoms with Crippen molar-refractivity contribution >= 4 is 11.8 Å². The molecule has 0 spiro atoms. The minimum Gasteiger partial charge on any atom is -0.484 e. The molecule has 37 heavy (non-hydrogen) atoms. The summed E-state index contributed by atoms with van der Waals surface area (Å²) in [7, 11) is 0. The average Bonchev–Trinajstić information content (AvgIpc) is 3.25. The van der Waals surface area contributed by atoms with Crippen LogP contribution in [0.3, 0.4) is 0 Å². The van der Waals surface area contributed by atoms with Gasteiger partial charge in [-0.3, -0.25) is 9.59 Å². The summed E-state index contributed by atoms with van der Waals surface area (Å²) in [6, 6.07) is 7.68. The predicted molar refractivity (Wildman–Crippen MR) is 112 cm³/mol. The highest BCUT2D eigenvalue weighted by Gasteiger charge is 2.69. The van der Waals surface area contributed by atoms with Crippen LogP contribution in [0.1, 0.15) is 19.3 Å². The van der Waals surface area contributed by atoms with Crippen molar-refractivity contribution < 1.29 is 55.6 Å². The molecular weight excluding hydrogens is 508 g/mol. The van der Waals surface area contributed by atoms with Gasteiger partial charge in [-0.05, 0) is 43.5 Å². The molecule has 3 fully saturated rings. The van der Waals surface area contributed by atoms with Gasteiger partial charge in [0.15, 0.2) is 36.2 Å². The lowest BCUT2D eigenvalue weighted by Gasteiger charge is -2.70. The van der Waals surface area contributed by atoms with Gasteiger partial charge in [0.05, 0.1) is 0 Å². The lowest BCUT2D eigenvalue weighted by molar-refractivity contribution is -0.287. The highest BCUT2D eigenvalue weighted by Crippen LogP contribution is 2.60. The fraction of sp³-hybridized carbons (Fsp3) is 0.391. The Morgan fingerprint density at radius 2 is 1.05 bits per heavy atom. The van der Waals surface area contributed by atoms with Crippen molar-refractivity contribution in [2.45, 2.75) is 42.9 Å². The van der Waals surface area contributed by atoms with Gasteiger partial charge in [-0.1, -0.05) is 0 Å². The van der Waals surface area contributed by atoms with Gasteiger partial charge in [-0.25, -0.2) is 0 Å². The van der Waals surface area contributed by atoms with E-state index in [0.717, 1.165) is 0 Å². The van der Waals surface area contributed by atoms with Gasteiger partial charge in [0.25, 0.3) is 11.8 Å². The largest absolute Gasteiger partial charge is 0.586 e. The zero-order chi connectivity index (χ0) is 26.1. The van der Waals surface area contributed by atoms with E-state index in [1.54, 1.807) is 0 Å². The molecule has 3 saturated carbocycles. The first-order valence-corrected chi connectivity index (χ1v) is 11.1. The summed E-state index contributed by atoms with van der Waals surface area (Å²) in [5, 5.41) is 5.74. The van der Waals surface area contributed by atoms with E-state index in [4.69, 9.17) is 9.47 Å². The third-order valence-corrected chi connectivity index (χ3v) is 6.32. The quantitative estimate of drug-likeness (QED) is 0.505. The molecule has 2 heterocycles. The summed E-state index contributed by atoms with van der Waals surface area (Å²) in [6.45, 7) is -0.682. The molecule has 0 unspecified atom stereocenters. The maximum absolute atomic E-state index is 13.1. The van der Waals surface area contributed by atoms with Crippen LogP contribution in [0.25, 0.3) is 0 Å². The summed E-state index contributed by atoms with van der Waals surface area (Å²) in [5.41, 5.74) is -0.901. The highest BCUT2D eigenvalue weighted by atomic mass is 19.3. The Morgan fingerprint density at radius 3 is 1.46 bits per heavy atom. The van der Waals surface area contributed by atoms with E-state index in [9.17, 15) is 27.2 Å². The number of amides is 2. The summed E-state index contributed by atoms with van der Waals surface area (Å²) >= 11 is 0. The van der Waals surface area contributed by atoms with Crippen molar-refractivity contribution in [3.8, 4) is 34.5 Å². The fourth-order valence-corrected chi connectivity index (χ4v) is 5.05. The molecule has 2 amide bonds. The number of fused-ring (bicyclic) bond motifs is 2. The minimum absolute atomic E-state index is 0.131. The second-order valence-corrected chi connectivity index (χ2v) is 9.32. The first kappa shape index (κ1) is 23.3. The van der Waals surface area contributed by atoms with E-state index < -0.39 is 35.5 Å². The Balaban J connectivity index is 0.923. The van der Waals surface area contributed by atoms with Gasteiger partial charge >= 0.3 is 12.6 Å². The molecule has 7 rings (SSSR count). The molecule has 2 N–H and O–H groups in total. The van der Waals surface area contributed by atoms with Gasteiger partial charge in [-0.15, -0.1) is 17.6 Å². The molecule has 2 aromatic rings. The third-order valence-electron chi connectivity index (χ3n) is 6.32. The van der Waals surface area contributed by atoms with E-state index in [-0.39, 0.29) is 47.7 Å². The molecule has 196 valence electrons. The second kappa shape index (κ2) is 7.70. The number of carbonyl (C=O) groups is 2. The van der Waals surface area contributed by atoms with E-state index in [1.807, 2.05) is 0 Å². The van der Waals surface area contributed by atoms with Gasteiger partial charge in [0, 0.05) is 23.2 Å². The van der Waals surface area contributed by atoms with Crippen molar-refractivity contribution in [3.05, 3.63) is 36.4 Å². The average molecular weight is 526 g/mol. The van der Waals surface area contributed by atoms with Gasteiger partial charge in [0.2, 0.25) is 0 Å². The molecule has 2 aliphatic heterocycles. The highest BCUT2D eigenvalue weighted by molar-refractivity contribution is 5.81. The monoisotopic (exact) mass is 526 g/mol. The molecule has 14 heteroatoms. The van der Waals surface area contributed by atoms with Crippen LogP contribution in [0.2, 0.25) is 0 Å². The van der Waals surface area contributed by atoms with Gasteiger partial charge in [-0.2, -0.15) is 0 Å².